The van der Waals surface area contributed by atoms with E-state index in [1.807, 2.05) is 0 Å². The molecule has 2 aromatic rings. The van der Waals surface area contributed by atoms with Crippen LogP contribution in [0.4, 0.5) is 5.69 Å². The molecule has 0 atom stereocenters. The first-order chi connectivity index (χ1) is 13.0. The van der Waals surface area contributed by atoms with Crippen molar-refractivity contribution in [2.45, 2.75) is 0 Å². The van der Waals surface area contributed by atoms with Gasteiger partial charge >= 0.3 is 0 Å². The average Bonchev–Trinajstić information content (AvgIpc) is 2.68. The van der Waals surface area contributed by atoms with Gasteiger partial charge in [-0.25, -0.2) is 0 Å². The van der Waals surface area contributed by atoms with Gasteiger partial charge in [0.15, 0.2) is 23.0 Å². The maximum atomic E-state index is 12.7. The third-order valence-corrected chi connectivity index (χ3v) is 4.58. The second-order valence-corrected chi connectivity index (χ2v) is 6.51. The zero-order chi connectivity index (χ0) is 19.8. The van der Waals surface area contributed by atoms with E-state index in [1.165, 1.54) is 7.11 Å². The number of rotatable bonds is 9. The van der Waals surface area contributed by atoms with Gasteiger partial charge in [0, 0.05) is 22.4 Å². The van der Waals surface area contributed by atoms with Gasteiger partial charge in [0.05, 0.1) is 33.5 Å². The van der Waals surface area contributed by atoms with Crippen LogP contribution in [-0.4, -0.2) is 47.6 Å². The molecule has 2 rings (SSSR count). The summed E-state index contributed by atoms with van der Waals surface area (Å²) in [6.45, 7) is 0.821. The summed E-state index contributed by atoms with van der Waals surface area (Å²) in [6.07, 6.45) is 0. The van der Waals surface area contributed by atoms with Crippen LogP contribution in [0.2, 0.25) is 0 Å². The third-order valence-electron chi connectivity index (χ3n) is 3.68. The molecule has 0 unspecified atom stereocenters. The van der Waals surface area contributed by atoms with Crippen LogP contribution < -0.4 is 24.3 Å². The summed E-state index contributed by atoms with van der Waals surface area (Å²) in [4.78, 5) is 12.7. The van der Waals surface area contributed by atoms with Crippen molar-refractivity contribution in [1.82, 2.24) is 0 Å². The van der Waals surface area contributed by atoms with Crippen molar-refractivity contribution >= 4 is 34.2 Å². The number of nitrogens with one attached hydrogen (secondary N) is 1. The maximum Gasteiger partial charge on any atom is 0.256 e. The molecule has 146 valence electrons. The van der Waals surface area contributed by atoms with E-state index in [0.717, 1.165) is 3.57 Å². The third kappa shape index (κ3) is 5.39. The number of anilines is 1. The molecule has 0 aromatic heterocycles. The predicted octanol–water partition coefficient (Wildman–Crippen LogP) is 3.59. The van der Waals surface area contributed by atoms with E-state index in [-0.39, 0.29) is 5.91 Å². The van der Waals surface area contributed by atoms with E-state index in [2.05, 4.69) is 27.9 Å². The Balaban J connectivity index is 2.23. The smallest absolute Gasteiger partial charge is 0.256 e. The van der Waals surface area contributed by atoms with Crippen molar-refractivity contribution in [1.29, 1.82) is 0 Å². The molecule has 1 amide bonds. The molecule has 27 heavy (non-hydrogen) atoms. The minimum atomic E-state index is -0.270. The Hall–Kier alpha value is -2.20. The number of carbonyl (C=O) groups excluding carboxylic acids is 1. The van der Waals surface area contributed by atoms with Crippen LogP contribution in [0.15, 0.2) is 30.3 Å². The molecule has 2 aromatic carbocycles. The Morgan fingerprint density at radius 1 is 0.889 bits per heavy atom. The van der Waals surface area contributed by atoms with Gasteiger partial charge in [-0.15, -0.1) is 0 Å². The average molecular weight is 487 g/mol. The fourth-order valence-electron chi connectivity index (χ4n) is 2.33. The molecule has 0 bridgehead atoms. The van der Waals surface area contributed by atoms with Gasteiger partial charge in [0.1, 0.15) is 6.61 Å². The minimum Gasteiger partial charge on any atom is -0.493 e. The van der Waals surface area contributed by atoms with Gasteiger partial charge in [-0.3, -0.25) is 4.79 Å². The Morgan fingerprint density at radius 3 is 2.19 bits per heavy atom. The largest absolute Gasteiger partial charge is 0.493 e. The zero-order valence-corrected chi connectivity index (χ0v) is 17.8. The van der Waals surface area contributed by atoms with Crippen LogP contribution in [0.25, 0.3) is 0 Å². The van der Waals surface area contributed by atoms with Gasteiger partial charge < -0.3 is 29.0 Å². The van der Waals surface area contributed by atoms with Crippen molar-refractivity contribution in [3.63, 3.8) is 0 Å². The van der Waals surface area contributed by atoms with E-state index >= 15 is 0 Å². The molecule has 8 heteroatoms. The predicted molar refractivity (Wildman–Crippen MR) is 111 cm³/mol. The lowest BCUT2D eigenvalue weighted by Gasteiger charge is -2.14. The summed E-state index contributed by atoms with van der Waals surface area (Å²) in [5.41, 5.74) is 1.06. The first-order valence-corrected chi connectivity index (χ1v) is 9.14. The first kappa shape index (κ1) is 21.1. The van der Waals surface area contributed by atoms with Crippen molar-refractivity contribution < 1.29 is 28.5 Å². The van der Waals surface area contributed by atoms with Gasteiger partial charge in [0.2, 0.25) is 0 Å². The maximum absolute atomic E-state index is 12.7. The molecule has 0 spiro atoms. The number of hydrogen-bond donors (Lipinski definition) is 1. The Morgan fingerprint density at radius 2 is 1.56 bits per heavy atom. The van der Waals surface area contributed by atoms with Crippen LogP contribution >= 0.6 is 22.6 Å². The molecule has 0 radical (unpaired) electrons. The summed E-state index contributed by atoms with van der Waals surface area (Å²) in [5.74, 6) is 1.88. The molecular weight excluding hydrogens is 465 g/mol. The Kier molecular flexibility index (Phi) is 7.99. The minimum absolute atomic E-state index is 0.270. The molecule has 0 saturated carbocycles. The van der Waals surface area contributed by atoms with Gasteiger partial charge in [0.25, 0.3) is 5.91 Å². The molecule has 7 nitrogen and oxygen atoms in total. The summed E-state index contributed by atoms with van der Waals surface area (Å²) in [5, 5.41) is 2.86. The number of amides is 1. The number of carbonyl (C=O) groups is 1. The molecule has 0 aliphatic rings. The fraction of sp³-hybridized carbons (Fsp3) is 0.316. The lowest BCUT2D eigenvalue weighted by molar-refractivity contribution is 0.102. The van der Waals surface area contributed by atoms with Crippen LogP contribution in [0, 0.1) is 3.57 Å². The number of hydrogen-bond acceptors (Lipinski definition) is 6. The summed E-state index contributed by atoms with van der Waals surface area (Å²) < 4.78 is 27.2. The molecule has 0 heterocycles. The molecule has 0 aliphatic carbocycles. The van der Waals surface area contributed by atoms with Gasteiger partial charge in [-0.05, 0) is 46.9 Å². The SMILES string of the molecule is COCCOc1cc(NC(=O)c2cc(OC)c(OC)cc2I)ccc1OC. The highest BCUT2D eigenvalue weighted by molar-refractivity contribution is 14.1. The van der Waals surface area contributed by atoms with Crippen LogP contribution in [0.5, 0.6) is 23.0 Å². The van der Waals surface area contributed by atoms with E-state index in [1.54, 1.807) is 51.7 Å². The van der Waals surface area contributed by atoms with E-state index < -0.39 is 0 Å². The lowest BCUT2D eigenvalue weighted by Crippen LogP contribution is -2.14. The Labute approximate surface area is 172 Å². The second-order valence-electron chi connectivity index (χ2n) is 5.35. The summed E-state index contributed by atoms with van der Waals surface area (Å²) >= 11 is 2.09. The van der Waals surface area contributed by atoms with Crippen LogP contribution in [0.1, 0.15) is 10.4 Å². The van der Waals surface area contributed by atoms with Crippen LogP contribution in [0.3, 0.4) is 0 Å². The van der Waals surface area contributed by atoms with Gasteiger partial charge in [-0.1, -0.05) is 0 Å². The van der Waals surface area contributed by atoms with Crippen molar-refractivity contribution in [3.05, 3.63) is 39.5 Å². The Bertz CT molecular complexity index is 796. The summed E-state index contributed by atoms with van der Waals surface area (Å²) in [7, 11) is 6.24. The molecule has 0 aliphatic heterocycles. The molecule has 1 N–H and O–H groups in total. The second kappa shape index (κ2) is 10.2. The van der Waals surface area contributed by atoms with E-state index in [9.17, 15) is 4.79 Å². The quantitative estimate of drug-likeness (QED) is 0.431. The van der Waals surface area contributed by atoms with Crippen molar-refractivity contribution in [2.24, 2.45) is 0 Å². The van der Waals surface area contributed by atoms with Gasteiger partial charge in [-0.2, -0.15) is 0 Å². The van der Waals surface area contributed by atoms with Crippen LogP contribution in [-0.2, 0) is 4.74 Å². The number of methoxy groups -OCH3 is 4. The highest BCUT2D eigenvalue weighted by Gasteiger charge is 2.16. The van der Waals surface area contributed by atoms with Crippen molar-refractivity contribution in [2.75, 3.05) is 47.0 Å². The standard InChI is InChI=1S/C19H22INO6/c1-23-7-8-27-18-9-12(5-6-15(18)24-2)21-19(22)13-10-16(25-3)17(26-4)11-14(13)20/h5-6,9-11H,7-8H2,1-4H3,(H,21,22). The van der Waals surface area contributed by atoms with E-state index in [0.29, 0.717) is 47.5 Å². The highest BCUT2D eigenvalue weighted by atomic mass is 127. The normalized spacial score (nSPS) is 10.3. The first-order valence-electron chi connectivity index (χ1n) is 8.06. The lowest BCUT2D eigenvalue weighted by atomic mass is 10.1. The molecule has 0 fully saturated rings. The monoisotopic (exact) mass is 487 g/mol. The topological polar surface area (TPSA) is 75.3 Å². The summed E-state index contributed by atoms with van der Waals surface area (Å²) in [6, 6.07) is 8.59. The molecular formula is C19H22INO6. The highest BCUT2D eigenvalue weighted by Crippen LogP contribution is 2.33. The zero-order valence-electron chi connectivity index (χ0n) is 15.6. The molecule has 0 saturated heterocycles. The van der Waals surface area contributed by atoms with Crippen molar-refractivity contribution in [3.8, 4) is 23.0 Å². The number of benzene rings is 2. The number of halogens is 1. The number of ether oxygens (including phenoxy) is 5. The fourth-order valence-corrected chi connectivity index (χ4v) is 3.01. The van der Waals surface area contributed by atoms with E-state index in [4.69, 9.17) is 23.7 Å².